The van der Waals surface area contributed by atoms with Gasteiger partial charge in [-0.15, -0.1) is 11.3 Å². The topological polar surface area (TPSA) is 71.3 Å². The third-order valence-electron chi connectivity index (χ3n) is 6.31. The van der Waals surface area contributed by atoms with E-state index in [1.807, 2.05) is 55.1 Å². The Kier molecular flexibility index (Phi) is 7.06. The second kappa shape index (κ2) is 10.6. The van der Waals surface area contributed by atoms with Gasteiger partial charge in [0, 0.05) is 44.4 Å². The Morgan fingerprint density at radius 1 is 0.917 bits per heavy atom. The molecule has 1 fully saturated rings. The average Bonchev–Trinajstić information content (AvgIpc) is 3.35. The number of piperazine rings is 1. The number of rotatable bonds is 6. The minimum atomic E-state index is -0.149. The number of thiazole rings is 1. The second-order valence-electron chi connectivity index (χ2n) is 9.21. The molecule has 0 bridgehead atoms. The van der Waals surface area contributed by atoms with Crippen LogP contribution >= 0.6 is 11.3 Å². The van der Waals surface area contributed by atoms with Gasteiger partial charge in [-0.1, -0.05) is 60.7 Å². The number of amides is 1. The first-order valence-electron chi connectivity index (χ1n) is 12.2. The molecule has 1 aliphatic heterocycles. The zero-order chi connectivity index (χ0) is 25.1. The summed E-state index contributed by atoms with van der Waals surface area (Å²) in [6, 6.07) is 23.4. The predicted octanol–water partition coefficient (Wildman–Crippen LogP) is 4.57. The van der Waals surface area contributed by atoms with Gasteiger partial charge < -0.3 is 4.90 Å². The minimum Gasteiger partial charge on any atom is -0.334 e. The molecule has 0 spiro atoms. The largest absolute Gasteiger partial charge is 0.334 e. The molecule has 1 aliphatic rings. The average molecular weight is 500 g/mol. The molecule has 5 rings (SSSR count). The SMILES string of the molecule is CC(C)n1nc(-c2sc(C(=O)N3CCN(Cc4ccccc4)CC3)nc2-c2ccccc2)ccc1=O. The Hall–Kier alpha value is -3.62. The molecule has 2 aromatic heterocycles. The lowest BCUT2D eigenvalue weighted by Gasteiger charge is -2.34. The third-order valence-corrected chi connectivity index (χ3v) is 7.38. The molecular weight excluding hydrogens is 470 g/mol. The smallest absolute Gasteiger partial charge is 0.282 e. The van der Waals surface area contributed by atoms with E-state index in [0.29, 0.717) is 29.5 Å². The molecule has 0 radical (unpaired) electrons. The first kappa shape index (κ1) is 24.1. The zero-order valence-electron chi connectivity index (χ0n) is 20.5. The fraction of sp³-hybridized carbons (Fsp3) is 0.286. The molecule has 1 saturated heterocycles. The molecule has 4 aromatic rings. The summed E-state index contributed by atoms with van der Waals surface area (Å²) in [6.07, 6.45) is 0. The molecule has 2 aromatic carbocycles. The summed E-state index contributed by atoms with van der Waals surface area (Å²) < 4.78 is 1.47. The summed E-state index contributed by atoms with van der Waals surface area (Å²) >= 11 is 1.35. The van der Waals surface area contributed by atoms with Crippen molar-refractivity contribution in [3.63, 3.8) is 0 Å². The van der Waals surface area contributed by atoms with Gasteiger partial charge in [0.1, 0.15) is 5.69 Å². The Balaban J connectivity index is 1.40. The van der Waals surface area contributed by atoms with Gasteiger partial charge in [-0.3, -0.25) is 14.5 Å². The van der Waals surface area contributed by atoms with Crippen molar-refractivity contribution in [1.29, 1.82) is 0 Å². The molecule has 8 heteroatoms. The van der Waals surface area contributed by atoms with E-state index in [1.165, 1.54) is 27.6 Å². The maximum absolute atomic E-state index is 13.5. The normalized spacial score (nSPS) is 14.4. The van der Waals surface area contributed by atoms with E-state index in [1.54, 1.807) is 6.07 Å². The molecule has 0 N–H and O–H groups in total. The van der Waals surface area contributed by atoms with Crippen molar-refractivity contribution in [2.24, 2.45) is 0 Å². The van der Waals surface area contributed by atoms with Crippen LogP contribution < -0.4 is 5.56 Å². The summed E-state index contributed by atoms with van der Waals surface area (Å²) in [4.78, 5) is 35.6. The predicted molar refractivity (Wildman–Crippen MR) is 143 cm³/mol. The van der Waals surface area contributed by atoms with E-state index in [9.17, 15) is 9.59 Å². The molecule has 0 unspecified atom stereocenters. The van der Waals surface area contributed by atoms with Crippen LogP contribution in [0, 0.1) is 0 Å². The van der Waals surface area contributed by atoms with Crippen molar-refractivity contribution in [2.45, 2.75) is 26.4 Å². The first-order chi connectivity index (χ1) is 17.5. The highest BCUT2D eigenvalue weighted by molar-refractivity contribution is 7.17. The number of benzene rings is 2. The fourth-order valence-electron chi connectivity index (χ4n) is 4.38. The molecule has 36 heavy (non-hydrogen) atoms. The lowest BCUT2D eigenvalue weighted by Crippen LogP contribution is -2.48. The molecule has 0 aliphatic carbocycles. The zero-order valence-corrected chi connectivity index (χ0v) is 21.3. The molecule has 0 saturated carbocycles. The quantitative estimate of drug-likeness (QED) is 0.389. The summed E-state index contributed by atoms with van der Waals surface area (Å²) in [5.74, 6) is -0.0556. The monoisotopic (exact) mass is 499 g/mol. The van der Waals surface area contributed by atoms with E-state index in [2.05, 4.69) is 34.3 Å². The van der Waals surface area contributed by atoms with Crippen LogP contribution in [-0.4, -0.2) is 56.7 Å². The van der Waals surface area contributed by atoms with Gasteiger partial charge in [-0.05, 0) is 25.5 Å². The standard InChI is InChI=1S/C28H29N5O2S/c1-20(2)33-24(34)14-13-23(30-33)26-25(22-11-7-4-8-12-22)29-27(36-26)28(35)32-17-15-31(16-18-32)19-21-9-5-3-6-10-21/h3-14,20H,15-19H2,1-2H3. The van der Waals surface area contributed by atoms with Crippen LogP contribution in [0.15, 0.2) is 77.6 Å². The van der Waals surface area contributed by atoms with Gasteiger partial charge in [0.05, 0.1) is 16.6 Å². The molecule has 0 atom stereocenters. The Morgan fingerprint density at radius 3 is 2.25 bits per heavy atom. The van der Waals surface area contributed by atoms with Crippen LogP contribution in [0.5, 0.6) is 0 Å². The van der Waals surface area contributed by atoms with Crippen molar-refractivity contribution < 1.29 is 4.79 Å². The number of nitrogens with zero attached hydrogens (tertiary/aromatic N) is 5. The Labute approximate surface area is 214 Å². The second-order valence-corrected chi connectivity index (χ2v) is 10.2. The van der Waals surface area contributed by atoms with Crippen LogP contribution in [0.4, 0.5) is 0 Å². The van der Waals surface area contributed by atoms with E-state index in [-0.39, 0.29) is 17.5 Å². The molecule has 1 amide bonds. The highest BCUT2D eigenvalue weighted by Crippen LogP contribution is 2.36. The molecule has 7 nitrogen and oxygen atoms in total. The van der Waals surface area contributed by atoms with Crippen LogP contribution in [0.25, 0.3) is 21.8 Å². The first-order valence-corrected chi connectivity index (χ1v) is 13.0. The summed E-state index contributed by atoms with van der Waals surface area (Å²) in [6.45, 7) is 7.72. The van der Waals surface area contributed by atoms with Gasteiger partial charge in [0.25, 0.3) is 11.5 Å². The van der Waals surface area contributed by atoms with Gasteiger partial charge in [-0.25, -0.2) is 9.67 Å². The summed E-state index contributed by atoms with van der Waals surface area (Å²) in [7, 11) is 0. The van der Waals surface area contributed by atoms with Gasteiger partial charge in [-0.2, -0.15) is 5.10 Å². The van der Waals surface area contributed by atoms with E-state index < -0.39 is 0 Å². The molecular formula is C28H29N5O2S. The number of hydrogen-bond donors (Lipinski definition) is 0. The number of carbonyl (C=O) groups is 1. The van der Waals surface area contributed by atoms with Crippen LogP contribution in [0.3, 0.4) is 0 Å². The maximum atomic E-state index is 13.5. The van der Waals surface area contributed by atoms with Gasteiger partial charge in [0.2, 0.25) is 0 Å². The Morgan fingerprint density at radius 2 is 1.58 bits per heavy atom. The van der Waals surface area contributed by atoms with Crippen LogP contribution in [0.2, 0.25) is 0 Å². The van der Waals surface area contributed by atoms with E-state index in [0.717, 1.165) is 30.1 Å². The van der Waals surface area contributed by atoms with Gasteiger partial charge >= 0.3 is 0 Å². The van der Waals surface area contributed by atoms with Crippen molar-refractivity contribution in [3.8, 4) is 21.8 Å². The number of hydrogen-bond acceptors (Lipinski definition) is 6. The van der Waals surface area contributed by atoms with Crippen LogP contribution in [0.1, 0.15) is 35.3 Å². The minimum absolute atomic E-state index is 0.0556. The number of aromatic nitrogens is 3. The highest BCUT2D eigenvalue weighted by atomic mass is 32.1. The molecule has 3 heterocycles. The van der Waals surface area contributed by atoms with Crippen LogP contribution in [-0.2, 0) is 6.54 Å². The highest BCUT2D eigenvalue weighted by Gasteiger charge is 2.27. The maximum Gasteiger partial charge on any atom is 0.282 e. The number of carbonyl (C=O) groups excluding carboxylic acids is 1. The van der Waals surface area contributed by atoms with Gasteiger partial charge in [0.15, 0.2) is 5.01 Å². The van der Waals surface area contributed by atoms with Crippen molar-refractivity contribution in [1.82, 2.24) is 24.6 Å². The van der Waals surface area contributed by atoms with Crippen molar-refractivity contribution >= 4 is 17.2 Å². The van der Waals surface area contributed by atoms with E-state index in [4.69, 9.17) is 4.98 Å². The fourth-order valence-corrected chi connectivity index (χ4v) is 5.40. The summed E-state index contributed by atoms with van der Waals surface area (Å²) in [5.41, 5.74) is 3.41. The third kappa shape index (κ3) is 5.15. The lowest BCUT2D eigenvalue weighted by molar-refractivity contribution is 0.0628. The summed E-state index contributed by atoms with van der Waals surface area (Å²) in [5, 5.41) is 5.05. The van der Waals surface area contributed by atoms with Crippen molar-refractivity contribution in [3.05, 3.63) is 93.7 Å². The Bertz CT molecular complexity index is 1390. The van der Waals surface area contributed by atoms with Crippen molar-refractivity contribution in [2.75, 3.05) is 26.2 Å². The van der Waals surface area contributed by atoms with E-state index >= 15 is 0 Å². The lowest BCUT2D eigenvalue weighted by atomic mass is 10.1. The molecule has 184 valence electrons.